The molecule has 2 rings (SSSR count). The van der Waals surface area contributed by atoms with Gasteiger partial charge < -0.3 is 9.47 Å². The molecule has 1 saturated heterocycles. The number of carbonyl (C=O) groups is 2. The zero-order chi connectivity index (χ0) is 18.0. The molecule has 0 radical (unpaired) electrons. The van der Waals surface area contributed by atoms with Gasteiger partial charge in [0.25, 0.3) is 0 Å². The van der Waals surface area contributed by atoms with Gasteiger partial charge in [-0.25, -0.2) is 9.59 Å². The molecular weight excluding hydrogens is 306 g/mol. The second-order valence-corrected chi connectivity index (χ2v) is 7.30. The number of cyclic esters (lactones) is 1. The number of carbonyl (C=O) groups excluding carboxylic acids is 2. The van der Waals surface area contributed by atoms with Crippen LogP contribution in [0.4, 0.5) is 4.79 Å². The Hall–Kier alpha value is -2.30. The number of nitrogens with zero attached hydrogens (tertiary/aromatic N) is 1. The third kappa shape index (κ3) is 3.45. The van der Waals surface area contributed by atoms with Crippen LogP contribution in [0.15, 0.2) is 43.0 Å². The lowest BCUT2D eigenvalue weighted by molar-refractivity contribution is -0.148. The molecule has 2 atom stereocenters. The first kappa shape index (κ1) is 18.0. The van der Waals surface area contributed by atoms with Crippen LogP contribution in [-0.4, -0.2) is 35.3 Å². The number of ether oxygens (including phenoxy) is 2. The topological polar surface area (TPSA) is 55.8 Å². The Morgan fingerprint density at radius 2 is 2.00 bits per heavy atom. The molecule has 1 amide bonds. The molecule has 1 heterocycles. The van der Waals surface area contributed by atoms with Crippen molar-refractivity contribution in [1.29, 1.82) is 0 Å². The third-order valence-corrected chi connectivity index (χ3v) is 4.08. The van der Waals surface area contributed by atoms with Crippen molar-refractivity contribution in [2.24, 2.45) is 5.41 Å². The number of hydrogen-bond acceptors (Lipinski definition) is 4. The molecule has 0 saturated carbocycles. The fraction of sp³-hybridized carbons (Fsp3) is 0.474. The van der Waals surface area contributed by atoms with Gasteiger partial charge in [0.05, 0.1) is 0 Å². The van der Waals surface area contributed by atoms with Crippen molar-refractivity contribution < 1.29 is 19.1 Å². The summed E-state index contributed by atoms with van der Waals surface area (Å²) in [5, 5.41) is 0. The quantitative estimate of drug-likeness (QED) is 0.625. The lowest BCUT2D eigenvalue weighted by atomic mass is 9.88. The lowest BCUT2D eigenvalue weighted by Crippen LogP contribution is -2.55. The highest BCUT2D eigenvalue weighted by Gasteiger charge is 2.58. The van der Waals surface area contributed by atoms with Crippen LogP contribution in [0.2, 0.25) is 0 Å². The Labute approximate surface area is 143 Å². The molecule has 0 bridgehead atoms. The molecule has 0 aliphatic carbocycles. The second kappa shape index (κ2) is 6.67. The van der Waals surface area contributed by atoms with E-state index in [1.165, 1.54) is 11.0 Å². The summed E-state index contributed by atoms with van der Waals surface area (Å²) in [5.41, 5.74) is -0.595. The molecule has 0 N–H and O–H groups in total. The maximum atomic E-state index is 12.7. The van der Waals surface area contributed by atoms with E-state index in [9.17, 15) is 9.59 Å². The van der Waals surface area contributed by atoms with Gasteiger partial charge in [0, 0.05) is 11.8 Å². The number of benzene rings is 1. The summed E-state index contributed by atoms with van der Waals surface area (Å²) in [6.07, 6.45) is 0.606. The van der Waals surface area contributed by atoms with Crippen LogP contribution in [0.5, 0.6) is 0 Å². The SMILES string of the molecule is C=CCOC(=O)N1[C@H](C(C)(C)C)OC(=O)[C@]1(C)Cc1ccccc1. The van der Waals surface area contributed by atoms with Gasteiger partial charge in [-0.15, -0.1) is 0 Å². The van der Waals surface area contributed by atoms with E-state index in [1.54, 1.807) is 6.92 Å². The number of amides is 1. The van der Waals surface area contributed by atoms with Gasteiger partial charge in [-0.05, 0) is 12.5 Å². The first-order valence-corrected chi connectivity index (χ1v) is 8.02. The van der Waals surface area contributed by atoms with Gasteiger partial charge >= 0.3 is 12.1 Å². The first-order valence-electron chi connectivity index (χ1n) is 8.02. The maximum Gasteiger partial charge on any atom is 0.413 e. The summed E-state index contributed by atoms with van der Waals surface area (Å²) in [5.74, 6) is -0.415. The van der Waals surface area contributed by atoms with Gasteiger partial charge in [-0.2, -0.15) is 0 Å². The largest absolute Gasteiger partial charge is 0.445 e. The van der Waals surface area contributed by atoms with Crippen LogP contribution < -0.4 is 0 Å². The van der Waals surface area contributed by atoms with E-state index in [1.807, 2.05) is 51.1 Å². The molecule has 5 nitrogen and oxygen atoms in total. The van der Waals surface area contributed by atoms with Crippen LogP contribution in [0.3, 0.4) is 0 Å². The zero-order valence-corrected chi connectivity index (χ0v) is 14.7. The molecule has 24 heavy (non-hydrogen) atoms. The van der Waals surface area contributed by atoms with E-state index in [4.69, 9.17) is 9.47 Å². The van der Waals surface area contributed by atoms with Gasteiger partial charge in [-0.3, -0.25) is 4.90 Å². The monoisotopic (exact) mass is 331 g/mol. The van der Waals surface area contributed by atoms with E-state index < -0.39 is 29.2 Å². The standard InChI is InChI=1S/C19H25NO4/c1-6-12-23-17(22)20-15(18(2,3)4)24-16(21)19(20,5)13-14-10-8-7-9-11-14/h6-11,15H,1,12-13H2,2-5H3/t15-,19-/m0/s1. The van der Waals surface area contributed by atoms with Gasteiger partial charge in [0.2, 0.25) is 0 Å². The third-order valence-electron chi connectivity index (χ3n) is 4.08. The minimum Gasteiger partial charge on any atom is -0.445 e. The van der Waals surface area contributed by atoms with Crippen molar-refractivity contribution >= 4 is 12.1 Å². The van der Waals surface area contributed by atoms with E-state index in [-0.39, 0.29) is 6.61 Å². The number of hydrogen-bond donors (Lipinski definition) is 0. The summed E-state index contributed by atoms with van der Waals surface area (Å²) in [7, 11) is 0. The minimum atomic E-state index is -1.11. The molecule has 1 aromatic carbocycles. The highest BCUT2D eigenvalue weighted by molar-refractivity contribution is 5.88. The minimum absolute atomic E-state index is 0.0851. The molecule has 130 valence electrons. The average Bonchev–Trinajstić information content (AvgIpc) is 2.77. The van der Waals surface area contributed by atoms with E-state index in [0.29, 0.717) is 6.42 Å². The lowest BCUT2D eigenvalue weighted by Gasteiger charge is -2.37. The van der Waals surface area contributed by atoms with Crippen LogP contribution in [-0.2, 0) is 20.7 Å². The van der Waals surface area contributed by atoms with Crippen LogP contribution in [0.1, 0.15) is 33.3 Å². The molecule has 1 fully saturated rings. The summed E-state index contributed by atoms with van der Waals surface area (Å²) in [6.45, 7) is 11.1. The van der Waals surface area contributed by atoms with Crippen molar-refractivity contribution in [3.63, 3.8) is 0 Å². The van der Waals surface area contributed by atoms with Gasteiger partial charge in [-0.1, -0.05) is 63.8 Å². The molecule has 0 unspecified atom stereocenters. The van der Waals surface area contributed by atoms with Crippen molar-refractivity contribution in [2.75, 3.05) is 6.61 Å². The van der Waals surface area contributed by atoms with Crippen LogP contribution in [0, 0.1) is 5.41 Å². The predicted octanol–water partition coefficient (Wildman–Crippen LogP) is 3.54. The van der Waals surface area contributed by atoms with E-state index in [0.717, 1.165) is 5.56 Å². The molecular formula is C19H25NO4. The Balaban J connectivity index is 2.39. The van der Waals surface area contributed by atoms with E-state index >= 15 is 0 Å². The van der Waals surface area contributed by atoms with E-state index in [2.05, 4.69) is 6.58 Å². The first-order chi connectivity index (χ1) is 11.2. The molecule has 1 aliphatic rings. The van der Waals surface area contributed by atoms with Crippen molar-refractivity contribution in [1.82, 2.24) is 4.90 Å². The normalized spacial score (nSPS) is 23.8. The van der Waals surface area contributed by atoms with Crippen molar-refractivity contribution in [3.8, 4) is 0 Å². The molecule has 0 aromatic heterocycles. The fourth-order valence-electron chi connectivity index (χ4n) is 2.85. The average molecular weight is 331 g/mol. The second-order valence-electron chi connectivity index (χ2n) is 7.30. The summed E-state index contributed by atoms with van der Waals surface area (Å²) >= 11 is 0. The summed E-state index contributed by atoms with van der Waals surface area (Å²) in [6, 6.07) is 9.57. The zero-order valence-electron chi connectivity index (χ0n) is 14.7. The van der Waals surface area contributed by atoms with Crippen molar-refractivity contribution in [2.45, 2.75) is 45.9 Å². The molecule has 0 spiro atoms. The van der Waals surface area contributed by atoms with Gasteiger partial charge in [0.1, 0.15) is 12.1 Å². The summed E-state index contributed by atoms with van der Waals surface area (Å²) in [4.78, 5) is 26.7. The van der Waals surface area contributed by atoms with Crippen molar-refractivity contribution in [3.05, 3.63) is 48.6 Å². The number of rotatable bonds is 4. The number of esters is 1. The Morgan fingerprint density at radius 3 is 2.54 bits per heavy atom. The smallest absolute Gasteiger partial charge is 0.413 e. The van der Waals surface area contributed by atoms with Gasteiger partial charge in [0.15, 0.2) is 6.23 Å². The Kier molecular flexibility index (Phi) is 5.02. The molecule has 5 heteroatoms. The van der Waals surface area contributed by atoms with Crippen LogP contribution >= 0.6 is 0 Å². The Morgan fingerprint density at radius 1 is 1.38 bits per heavy atom. The maximum absolute atomic E-state index is 12.7. The predicted molar refractivity (Wildman–Crippen MR) is 91.3 cm³/mol. The Bertz CT molecular complexity index is 620. The molecule has 1 aliphatic heterocycles. The summed E-state index contributed by atoms with van der Waals surface area (Å²) < 4.78 is 10.8. The van der Waals surface area contributed by atoms with Crippen LogP contribution in [0.25, 0.3) is 0 Å². The highest BCUT2D eigenvalue weighted by atomic mass is 16.6. The molecule has 1 aromatic rings. The highest BCUT2D eigenvalue weighted by Crippen LogP contribution is 2.40. The fourth-order valence-corrected chi connectivity index (χ4v) is 2.85.